The first kappa shape index (κ1) is 20.2. The zero-order valence-corrected chi connectivity index (χ0v) is 17.3. The summed E-state index contributed by atoms with van der Waals surface area (Å²) in [5.41, 5.74) is 4.92. The number of carbonyl (C=O) groups excluding carboxylic acids is 1. The second-order valence-corrected chi connectivity index (χ2v) is 7.04. The molecule has 26 heavy (non-hydrogen) atoms. The molecule has 0 spiro atoms. The molecule has 2 aromatic rings. The number of nitrogens with one attached hydrogen (secondary N) is 1. The van der Waals surface area contributed by atoms with Crippen LogP contribution < -0.4 is 14.9 Å². The van der Waals surface area contributed by atoms with Gasteiger partial charge in [-0.1, -0.05) is 11.8 Å². The quantitative estimate of drug-likeness (QED) is 0.309. The number of hydrogen-bond donors (Lipinski definition) is 1. The molecule has 2 rings (SSSR count). The van der Waals surface area contributed by atoms with E-state index in [9.17, 15) is 4.79 Å². The van der Waals surface area contributed by atoms with E-state index < -0.39 is 0 Å². The molecule has 1 aromatic carbocycles. The van der Waals surface area contributed by atoms with E-state index in [0.717, 1.165) is 15.9 Å². The van der Waals surface area contributed by atoms with Crippen molar-refractivity contribution < 1.29 is 14.3 Å². The van der Waals surface area contributed by atoms with Gasteiger partial charge in [-0.05, 0) is 41.9 Å². The molecule has 0 atom stereocenters. The lowest BCUT2D eigenvalue weighted by Crippen LogP contribution is -2.20. The van der Waals surface area contributed by atoms with Gasteiger partial charge in [0.15, 0.2) is 5.16 Å². The van der Waals surface area contributed by atoms with Gasteiger partial charge >= 0.3 is 0 Å². The van der Waals surface area contributed by atoms with Crippen LogP contribution in [0.2, 0.25) is 0 Å². The standard InChI is InChI=1S/C17H19BrN4O3S/c1-10-5-11(2)21-17(20-10)26-9-16(23)22-19-8-12-6-13(18)15(25-4)7-14(12)24-3/h5-8H,9H2,1-4H3,(H,22,23)/b19-8-. The number of hydrazone groups is 1. The minimum atomic E-state index is -0.249. The highest BCUT2D eigenvalue weighted by Gasteiger charge is 2.09. The van der Waals surface area contributed by atoms with E-state index in [2.05, 4.69) is 36.4 Å². The molecule has 0 aliphatic carbocycles. The summed E-state index contributed by atoms with van der Waals surface area (Å²) in [6.07, 6.45) is 1.51. The van der Waals surface area contributed by atoms with Crippen molar-refractivity contribution in [2.45, 2.75) is 19.0 Å². The fourth-order valence-corrected chi connectivity index (χ4v) is 3.34. The van der Waals surface area contributed by atoms with Gasteiger partial charge in [0, 0.05) is 23.0 Å². The second kappa shape index (κ2) is 9.54. The van der Waals surface area contributed by atoms with E-state index in [1.165, 1.54) is 18.0 Å². The minimum absolute atomic E-state index is 0.170. The molecule has 0 aliphatic heterocycles. The average Bonchev–Trinajstić information content (AvgIpc) is 2.59. The molecule has 0 radical (unpaired) electrons. The van der Waals surface area contributed by atoms with E-state index in [4.69, 9.17) is 9.47 Å². The van der Waals surface area contributed by atoms with Gasteiger partial charge in [-0.3, -0.25) is 4.79 Å². The predicted octanol–water partition coefficient (Wildman–Crippen LogP) is 3.12. The highest BCUT2D eigenvalue weighted by atomic mass is 79.9. The Balaban J connectivity index is 1.95. The Labute approximate surface area is 164 Å². The molecule has 1 heterocycles. The number of rotatable bonds is 7. The topological polar surface area (TPSA) is 85.7 Å². The molecule has 0 unspecified atom stereocenters. The maximum absolute atomic E-state index is 11.9. The summed E-state index contributed by atoms with van der Waals surface area (Å²) in [4.78, 5) is 20.5. The summed E-state index contributed by atoms with van der Waals surface area (Å²) in [6.45, 7) is 3.78. The van der Waals surface area contributed by atoms with Gasteiger partial charge in [-0.25, -0.2) is 15.4 Å². The fourth-order valence-electron chi connectivity index (χ4n) is 2.08. The number of aromatic nitrogens is 2. The third-order valence-electron chi connectivity index (χ3n) is 3.19. The van der Waals surface area contributed by atoms with Crippen molar-refractivity contribution in [3.8, 4) is 11.5 Å². The molecule has 0 bridgehead atoms. The zero-order valence-electron chi connectivity index (χ0n) is 14.9. The number of nitrogens with zero attached hydrogens (tertiary/aromatic N) is 3. The Bertz CT molecular complexity index is 810. The van der Waals surface area contributed by atoms with Crippen molar-refractivity contribution in [1.82, 2.24) is 15.4 Å². The summed E-state index contributed by atoms with van der Waals surface area (Å²) in [5, 5.41) is 4.55. The van der Waals surface area contributed by atoms with Crippen LogP contribution in [0.25, 0.3) is 0 Å². The number of aryl methyl sites for hydroxylation is 2. The molecule has 1 amide bonds. The van der Waals surface area contributed by atoms with E-state index >= 15 is 0 Å². The predicted molar refractivity (Wildman–Crippen MR) is 105 cm³/mol. The summed E-state index contributed by atoms with van der Waals surface area (Å²) in [5.74, 6) is 1.15. The van der Waals surface area contributed by atoms with Crippen LogP contribution in [0.4, 0.5) is 0 Å². The molecular formula is C17H19BrN4O3S. The number of amides is 1. The third kappa shape index (κ3) is 5.70. The number of hydrogen-bond acceptors (Lipinski definition) is 7. The highest BCUT2D eigenvalue weighted by molar-refractivity contribution is 9.10. The van der Waals surface area contributed by atoms with Gasteiger partial charge in [0.25, 0.3) is 5.91 Å². The van der Waals surface area contributed by atoms with Gasteiger partial charge in [-0.15, -0.1) is 0 Å². The van der Waals surface area contributed by atoms with E-state index in [1.54, 1.807) is 26.4 Å². The number of halogens is 1. The second-order valence-electron chi connectivity index (χ2n) is 5.24. The Morgan fingerprint density at radius 3 is 2.46 bits per heavy atom. The molecular weight excluding hydrogens is 420 g/mol. The molecule has 0 aliphatic rings. The lowest BCUT2D eigenvalue weighted by molar-refractivity contribution is -0.118. The Hall–Kier alpha value is -2.13. The third-order valence-corrected chi connectivity index (χ3v) is 4.66. The van der Waals surface area contributed by atoms with Crippen LogP contribution in [0.3, 0.4) is 0 Å². The maximum atomic E-state index is 11.9. The largest absolute Gasteiger partial charge is 0.496 e. The summed E-state index contributed by atoms with van der Waals surface area (Å²) in [6, 6.07) is 5.42. The zero-order chi connectivity index (χ0) is 19.1. The first-order valence-electron chi connectivity index (χ1n) is 7.61. The van der Waals surface area contributed by atoms with Crippen LogP contribution in [-0.2, 0) is 4.79 Å². The van der Waals surface area contributed by atoms with Gasteiger partial charge in [0.2, 0.25) is 0 Å². The van der Waals surface area contributed by atoms with E-state index in [1.807, 2.05) is 19.9 Å². The summed E-state index contributed by atoms with van der Waals surface area (Å²) < 4.78 is 11.3. The van der Waals surface area contributed by atoms with Crippen LogP contribution >= 0.6 is 27.7 Å². The van der Waals surface area contributed by atoms with Crippen LogP contribution in [0, 0.1) is 13.8 Å². The highest BCUT2D eigenvalue weighted by Crippen LogP contribution is 2.31. The van der Waals surface area contributed by atoms with Crippen LogP contribution in [0.1, 0.15) is 17.0 Å². The average molecular weight is 439 g/mol. The van der Waals surface area contributed by atoms with Crippen LogP contribution in [0.15, 0.2) is 32.9 Å². The van der Waals surface area contributed by atoms with Crippen molar-refractivity contribution in [2.24, 2.45) is 5.10 Å². The first-order valence-corrected chi connectivity index (χ1v) is 9.39. The van der Waals surface area contributed by atoms with Gasteiger partial charge in [0.1, 0.15) is 11.5 Å². The molecule has 0 fully saturated rings. The van der Waals surface area contributed by atoms with Crippen molar-refractivity contribution in [2.75, 3.05) is 20.0 Å². The van der Waals surface area contributed by atoms with Crippen molar-refractivity contribution in [1.29, 1.82) is 0 Å². The van der Waals surface area contributed by atoms with Crippen LogP contribution in [0.5, 0.6) is 11.5 Å². The molecule has 7 nitrogen and oxygen atoms in total. The van der Waals surface area contributed by atoms with Crippen molar-refractivity contribution >= 4 is 39.8 Å². The molecule has 138 valence electrons. The molecule has 0 saturated carbocycles. The van der Waals surface area contributed by atoms with Gasteiger partial charge < -0.3 is 9.47 Å². The number of ether oxygens (including phenoxy) is 2. The fraction of sp³-hybridized carbons (Fsp3) is 0.294. The summed E-state index contributed by atoms with van der Waals surface area (Å²) in [7, 11) is 3.13. The van der Waals surface area contributed by atoms with Gasteiger partial charge in [-0.2, -0.15) is 5.10 Å². The Morgan fingerprint density at radius 2 is 1.85 bits per heavy atom. The smallest absolute Gasteiger partial charge is 0.250 e. The van der Waals surface area contributed by atoms with Crippen molar-refractivity contribution in [3.05, 3.63) is 39.6 Å². The SMILES string of the molecule is COc1cc(OC)c(/C=N\NC(=O)CSc2nc(C)cc(C)n2)cc1Br. The Kier molecular flexibility index (Phi) is 7.40. The molecule has 1 N–H and O–H groups in total. The monoisotopic (exact) mass is 438 g/mol. The maximum Gasteiger partial charge on any atom is 0.250 e. The minimum Gasteiger partial charge on any atom is -0.496 e. The van der Waals surface area contributed by atoms with Gasteiger partial charge in [0.05, 0.1) is 30.7 Å². The lowest BCUT2D eigenvalue weighted by Gasteiger charge is -2.09. The number of methoxy groups -OCH3 is 2. The normalized spacial score (nSPS) is 10.8. The van der Waals surface area contributed by atoms with E-state index in [-0.39, 0.29) is 11.7 Å². The van der Waals surface area contributed by atoms with Crippen molar-refractivity contribution in [3.63, 3.8) is 0 Å². The number of thioether (sulfide) groups is 1. The molecule has 0 saturated heterocycles. The molecule has 1 aromatic heterocycles. The lowest BCUT2D eigenvalue weighted by atomic mass is 10.2. The van der Waals surface area contributed by atoms with E-state index in [0.29, 0.717) is 22.2 Å². The number of carbonyl (C=O) groups is 1. The Morgan fingerprint density at radius 1 is 1.19 bits per heavy atom. The summed E-state index contributed by atoms with van der Waals surface area (Å²) >= 11 is 4.67. The number of benzene rings is 1. The first-order chi connectivity index (χ1) is 12.4. The molecule has 9 heteroatoms. The van der Waals surface area contributed by atoms with Crippen LogP contribution in [-0.4, -0.2) is 42.1 Å².